The molecule has 2 N–H and O–H groups in total. The zero-order valence-corrected chi connectivity index (χ0v) is 19.6. The SMILES string of the molecule is CC(Cc1oc2c(NCc3cccs3)cc(C#N)nc2c1Br)NC(=O)OC(C)(C)C. The van der Waals surface area contributed by atoms with E-state index in [-0.39, 0.29) is 6.04 Å². The Balaban J connectivity index is 1.82. The van der Waals surface area contributed by atoms with Crippen molar-refractivity contribution in [2.24, 2.45) is 0 Å². The third kappa shape index (κ3) is 5.52. The van der Waals surface area contributed by atoms with Gasteiger partial charge in [-0.15, -0.1) is 11.3 Å². The largest absolute Gasteiger partial charge is 0.456 e. The Morgan fingerprint density at radius 1 is 1.47 bits per heavy atom. The van der Waals surface area contributed by atoms with Crippen LogP contribution in [0.3, 0.4) is 0 Å². The highest BCUT2D eigenvalue weighted by molar-refractivity contribution is 9.10. The molecule has 0 fully saturated rings. The third-order valence-electron chi connectivity index (χ3n) is 4.05. The number of nitriles is 1. The number of ether oxygens (including phenoxy) is 1. The fraction of sp³-hybridized carbons (Fsp3) is 0.381. The number of halogens is 1. The molecule has 3 rings (SSSR count). The fourth-order valence-electron chi connectivity index (χ4n) is 2.84. The number of carbonyl (C=O) groups is 1. The van der Waals surface area contributed by atoms with Crippen molar-refractivity contribution in [2.45, 2.75) is 52.3 Å². The number of rotatable bonds is 6. The Kier molecular flexibility index (Phi) is 6.68. The van der Waals surface area contributed by atoms with Crippen LogP contribution in [-0.4, -0.2) is 22.7 Å². The molecule has 1 atom stereocenters. The van der Waals surface area contributed by atoms with Crippen LogP contribution in [0.5, 0.6) is 0 Å². The zero-order valence-electron chi connectivity index (χ0n) is 17.2. The van der Waals surface area contributed by atoms with Gasteiger partial charge >= 0.3 is 6.09 Å². The molecule has 0 spiro atoms. The number of aromatic nitrogens is 1. The van der Waals surface area contributed by atoms with E-state index >= 15 is 0 Å². The van der Waals surface area contributed by atoms with Gasteiger partial charge in [0.1, 0.15) is 28.6 Å². The van der Waals surface area contributed by atoms with E-state index in [4.69, 9.17) is 9.15 Å². The lowest BCUT2D eigenvalue weighted by atomic mass is 10.2. The first kappa shape index (κ1) is 22.1. The van der Waals surface area contributed by atoms with Gasteiger partial charge in [0.2, 0.25) is 0 Å². The molecule has 0 aliphatic carbocycles. The number of carbonyl (C=O) groups excluding carboxylic acids is 1. The number of amides is 1. The van der Waals surface area contributed by atoms with Crippen molar-refractivity contribution in [3.05, 3.63) is 44.4 Å². The summed E-state index contributed by atoms with van der Waals surface area (Å²) >= 11 is 5.20. The van der Waals surface area contributed by atoms with E-state index in [9.17, 15) is 10.1 Å². The van der Waals surface area contributed by atoms with Crippen molar-refractivity contribution in [3.63, 3.8) is 0 Å². The Morgan fingerprint density at radius 2 is 2.23 bits per heavy atom. The van der Waals surface area contributed by atoms with Crippen LogP contribution in [0, 0.1) is 11.3 Å². The molecule has 3 heterocycles. The van der Waals surface area contributed by atoms with Gasteiger partial charge in [-0.2, -0.15) is 5.26 Å². The van der Waals surface area contributed by atoms with Gasteiger partial charge in [0.15, 0.2) is 5.58 Å². The summed E-state index contributed by atoms with van der Waals surface area (Å²) in [6.45, 7) is 7.93. The summed E-state index contributed by atoms with van der Waals surface area (Å²) in [6, 6.07) is 7.57. The molecular weight excluding hydrogens is 468 g/mol. The first-order valence-corrected chi connectivity index (χ1v) is 11.1. The highest BCUT2D eigenvalue weighted by Gasteiger charge is 2.22. The first-order chi connectivity index (χ1) is 14.2. The molecule has 0 saturated carbocycles. The molecule has 0 saturated heterocycles. The number of fused-ring (bicyclic) bond motifs is 1. The molecular formula is C21H23BrN4O3S. The zero-order chi connectivity index (χ0) is 21.9. The average Bonchev–Trinajstić information content (AvgIpc) is 3.27. The summed E-state index contributed by atoms with van der Waals surface area (Å²) in [6.07, 6.45) is -0.0481. The maximum absolute atomic E-state index is 12.0. The van der Waals surface area contributed by atoms with E-state index in [2.05, 4.69) is 37.6 Å². The molecule has 0 bridgehead atoms. The van der Waals surface area contributed by atoms with Gasteiger partial charge in [-0.3, -0.25) is 0 Å². The summed E-state index contributed by atoms with van der Waals surface area (Å²) in [5.74, 6) is 0.635. The van der Waals surface area contributed by atoms with Crippen LogP contribution in [0.1, 0.15) is 44.0 Å². The number of nitrogens with zero attached hydrogens (tertiary/aromatic N) is 2. The monoisotopic (exact) mass is 490 g/mol. The van der Waals surface area contributed by atoms with Crippen molar-refractivity contribution >= 4 is 50.1 Å². The van der Waals surface area contributed by atoms with Crippen molar-refractivity contribution in [3.8, 4) is 6.07 Å². The van der Waals surface area contributed by atoms with Gasteiger partial charge in [-0.25, -0.2) is 9.78 Å². The average molecular weight is 491 g/mol. The van der Waals surface area contributed by atoms with Crippen LogP contribution in [0.25, 0.3) is 11.1 Å². The third-order valence-corrected chi connectivity index (χ3v) is 5.75. The maximum atomic E-state index is 12.0. The summed E-state index contributed by atoms with van der Waals surface area (Å²) in [5.41, 5.74) is 1.57. The van der Waals surface area contributed by atoms with Crippen molar-refractivity contribution in [1.82, 2.24) is 10.3 Å². The smallest absolute Gasteiger partial charge is 0.407 e. The molecule has 0 aromatic carbocycles. The molecule has 158 valence electrons. The van der Waals surface area contributed by atoms with Crippen molar-refractivity contribution in [2.75, 3.05) is 5.32 Å². The number of hydrogen-bond acceptors (Lipinski definition) is 7. The minimum atomic E-state index is -0.565. The molecule has 0 aliphatic rings. The topological polar surface area (TPSA) is 100 Å². The number of pyridine rings is 1. The Morgan fingerprint density at radius 3 is 2.87 bits per heavy atom. The number of nitrogens with one attached hydrogen (secondary N) is 2. The van der Waals surface area contributed by atoms with Crippen LogP contribution in [0.4, 0.5) is 10.5 Å². The maximum Gasteiger partial charge on any atom is 0.407 e. The van der Waals surface area contributed by atoms with E-state index in [0.29, 0.717) is 45.7 Å². The molecule has 30 heavy (non-hydrogen) atoms. The van der Waals surface area contributed by atoms with Crippen LogP contribution in [-0.2, 0) is 17.7 Å². The molecule has 3 aromatic rings. The minimum absolute atomic E-state index is 0.227. The summed E-state index contributed by atoms with van der Waals surface area (Å²) in [4.78, 5) is 17.6. The fourth-order valence-corrected chi connectivity index (χ4v) is 3.99. The number of thiophene rings is 1. The lowest BCUT2D eigenvalue weighted by Crippen LogP contribution is -2.38. The number of furan rings is 1. The van der Waals surface area contributed by atoms with Gasteiger partial charge < -0.3 is 19.8 Å². The molecule has 0 aliphatic heterocycles. The second kappa shape index (κ2) is 9.06. The molecule has 0 radical (unpaired) electrons. The predicted molar refractivity (Wildman–Crippen MR) is 121 cm³/mol. The second-order valence-electron chi connectivity index (χ2n) is 7.87. The van der Waals surface area contributed by atoms with E-state index in [1.165, 1.54) is 4.88 Å². The van der Waals surface area contributed by atoms with Crippen molar-refractivity contribution < 1.29 is 13.9 Å². The Labute approximate surface area is 187 Å². The van der Waals surface area contributed by atoms with Crippen LogP contribution in [0.2, 0.25) is 0 Å². The van der Waals surface area contributed by atoms with Crippen LogP contribution < -0.4 is 10.6 Å². The minimum Gasteiger partial charge on any atom is -0.456 e. The van der Waals surface area contributed by atoms with E-state index in [1.807, 2.05) is 45.2 Å². The summed E-state index contributed by atoms with van der Waals surface area (Å²) in [7, 11) is 0. The molecule has 7 nitrogen and oxygen atoms in total. The first-order valence-electron chi connectivity index (χ1n) is 9.44. The molecule has 1 amide bonds. The van der Waals surface area contributed by atoms with Gasteiger partial charge in [0.25, 0.3) is 0 Å². The van der Waals surface area contributed by atoms with E-state index in [1.54, 1.807) is 17.4 Å². The standard InChI is InChI=1S/C21H23BrN4O3S/c1-12(25-20(27)29-21(2,3)4)8-16-17(22)18-19(28-16)15(9-13(10-23)26-18)24-11-14-6-5-7-30-14/h5-7,9,12H,8,11H2,1-4H3,(H,24,26)(H,25,27). The Bertz CT molecular complexity index is 1080. The number of alkyl carbamates (subject to hydrolysis) is 1. The molecule has 1 unspecified atom stereocenters. The molecule has 3 aromatic heterocycles. The van der Waals surface area contributed by atoms with Gasteiger partial charge in [-0.05, 0) is 55.1 Å². The normalized spacial score (nSPS) is 12.4. The van der Waals surface area contributed by atoms with E-state index in [0.717, 1.165) is 0 Å². The van der Waals surface area contributed by atoms with Gasteiger partial charge in [-0.1, -0.05) is 6.07 Å². The quantitative estimate of drug-likeness (QED) is 0.466. The van der Waals surface area contributed by atoms with E-state index < -0.39 is 11.7 Å². The summed E-state index contributed by atoms with van der Waals surface area (Å²) in [5, 5.41) is 17.5. The van der Waals surface area contributed by atoms with Crippen LogP contribution in [0.15, 0.2) is 32.5 Å². The number of anilines is 1. The van der Waals surface area contributed by atoms with Crippen molar-refractivity contribution in [1.29, 1.82) is 5.26 Å². The second-order valence-corrected chi connectivity index (χ2v) is 9.69. The molecule has 9 heteroatoms. The lowest BCUT2D eigenvalue weighted by Gasteiger charge is -2.21. The van der Waals surface area contributed by atoms with Gasteiger partial charge in [0, 0.05) is 30.0 Å². The lowest BCUT2D eigenvalue weighted by molar-refractivity contribution is 0.0507. The predicted octanol–water partition coefficient (Wildman–Crippen LogP) is 5.59. The van der Waals surface area contributed by atoms with Gasteiger partial charge in [0.05, 0.1) is 10.2 Å². The highest BCUT2D eigenvalue weighted by atomic mass is 79.9. The Hall–Kier alpha value is -2.57. The highest BCUT2D eigenvalue weighted by Crippen LogP contribution is 2.35. The van der Waals surface area contributed by atoms with Crippen LogP contribution >= 0.6 is 27.3 Å². The number of hydrogen-bond donors (Lipinski definition) is 2. The summed E-state index contributed by atoms with van der Waals surface area (Å²) < 4.78 is 12.1.